The van der Waals surface area contributed by atoms with Gasteiger partial charge in [-0.25, -0.2) is 9.18 Å². The molecule has 5 rings (SSSR count). The lowest BCUT2D eigenvalue weighted by Crippen LogP contribution is -2.27. The molecule has 2 heterocycles. The molecule has 0 unspecified atom stereocenters. The lowest BCUT2D eigenvalue weighted by molar-refractivity contribution is -0.137. The number of fused-ring (bicyclic) bond motifs is 3. The van der Waals surface area contributed by atoms with Gasteiger partial charge in [0.2, 0.25) is 5.43 Å². The summed E-state index contributed by atoms with van der Waals surface area (Å²) in [6, 6.07) is 9.44. The molecule has 1 aliphatic rings. The molecular formula is C37H37FO8. The largest absolute Gasteiger partial charge is 0.493 e. The first-order valence-electron chi connectivity index (χ1n) is 15.0. The van der Waals surface area contributed by atoms with Gasteiger partial charge in [-0.05, 0) is 77.0 Å². The van der Waals surface area contributed by atoms with E-state index in [1.54, 1.807) is 31.2 Å². The van der Waals surface area contributed by atoms with Crippen LogP contribution in [0.25, 0.3) is 28.0 Å². The quantitative estimate of drug-likeness (QED) is 0.0717. The zero-order valence-electron chi connectivity index (χ0n) is 26.8. The Morgan fingerprint density at radius 1 is 1.04 bits per heavy atom. The Morgan fingerprint density at radius 3 is 2.54 bits per heavy atom. The summed E-state index contributed by atoms with van der Waals surface area (Å²) < 4.78 is 49.7. The molecule has 0 N–H and O–H groups in total. The minimum atomic E-state index is -0.609. The van der Waals surface area contributed by atoms with Crippen molar-refractivity contribution in [2.24, 2.45) is 0 Å². The fourth-order valence-electron chi connectivity index (χ4n) is 5.24. The van der Waals surface area contributed by atoms with Gasteiger partial charge in [0.1, 0.15) is 52.7 Å². The molecule has 0 amide bonds. The van der Waals surface area contributed by atoms with Crippen molar-refractivity contribution in [2.45, 2.75) is 53.2 Å². The van der Waals surface area contributed by atoms with Crippen LogP contribution in [0, 0.1) is 5.82 Å². The van der Waals surface area contributed by atoms with Gasteiger partial charge < -0.3 is 28.1 Å². The summed E-state index contributed by atoms with van der Waals surface area (Å²) in [5, 5.41) is 0.533. The minimum absolute atomic E-state index is 0.0140. The lowest BCUT2D eigenvalue weighted by Gasteiger charge is -2.29. The molecule has 240 valence electrons. The molecule has 1 aliphatic heterocycles. The van der Waals surface area contributed by atoms with Gasteiger partial charge in [0, 0.05) is 23.8 Å². The zero-order valence-corrected chi connectivity index (χ0v) is 26.8. The monoisotopic (exact) mass is 628 g/mol. The molecule has 1 aromatic heterocycles. The van der Waals surface area contributed by atoms with E-state index in [-0.39, 0.29) is 53.4 Å². The van der Waals surface area contributed by atoms with Crippen molar-refractivity contribution in [3.8, 4) is 23.0 Å². The van der Waals surface area contributed by atoms with Gasteiger partial charge in [-0.1, -0.05) is 23.8 Å². The molecule has 0 fully saturated rings. The highest BCUT2D eigenvalue weighted by Gasteiger charge is 2.29. The molecular weight excluding hydrogens is 591 g/mol. The average molecular weight is 629 g/mol. The normalized spacial score (nSPS) is 13.4. The van der Waals surface area contributed by atoms with E-state index in [1.165, 1.54) is 31.4 Å². The topological polar surface area (TPSA) is 93.4 Å². The summed E-state index contributed by atoms with van der Waals surface area (Å²) >= 11 is 0. The van der Waals surface area contributed by atoms with Crippen molar-refractivity contribution in [3.63, 3.8) is 0 Å². The molecule has 0 aliphatic carbocycles. The molecule has 0 radical (unpaired) electrons. The molecule has 9 heteroatoms. The van der Waals surface area contributed by atoms with Crippen LogP contribution in [0.2, 0.25) is 0 Å². The number of benzene rings is 3. The number of allylic oxidation sites excluding steroid dienone is 2. The standard InChI is InChI=1S/C37H37FO8/c1-7-42-31(39)12-9-17-43-36-25-15-16-37(4,5)46-27(25)19-29-33(36)34(40)32-26(14-13-22(2)3)35(41-6)30(20-28(32)45-29)44-21-23-10-8-11-24(38)18-23/h8-13,15-16,18-20H,7,14,17,21H2,1-6H3/b12-9+. The fourth-order valence-corrected chi connectivity index (χ4v) is 5.24. The van der Waals surface area contributed by atoms with Crippen LogP contribution in [0.15, 0.2) is 75.5 Å². The number of esters is 1. The highest BCUT2D eigenvalue weighted by atomic mass is 19.1. The number of hydrogen-bond acceptors (Lipinski definition) is 8. The first-order valence-corrected chi connectivity index (χ1v) is 15.0. The Hall–Kier alpha value is -5.05. The summed E-state index contributed by atoms with van der Waals surface area (Å²) in [7, 11) is 1.51. The Bertz CT molecular complexity index is 1940. The van der Waals surface area contributed by atoms with Gasteiger partial charge in [-0.3, -0.25) is 4.79 Å². The maximum absolute atomic E-state index is 14.6. The predicted molar refractivity (Wildman–Crippen MR) is 175 cm³/mol. The number of methoxy groups -OCH3 is 1. The molecule has 8 nitrogen and oxygen atoms in total. The van der Waals surface area contributed by atoms with Crippen molar-refractivity contribution in [1.82, 2.24) is 0 Å². The van der Waals surface area contributed by atoms with E-state index in [2.05, 4.69) is 0 Å². The second-order valence-electron chi connectivity index (χ2n) is 11.6. The Kier molecular flexibility index (Phi) is 9.51. The third kappa shape index (κ3) is 6.93. The van der Waals surface area contributed by atoms with E-state index in [0.29, 0.717) is 45.7 Å². The SMILES string of the molecule is CCOC(=O)/C=C/COc1c2c(cc3oc4cc(OCc5cccc(F)c5)c(OC)c(CC=C(C)C)c4c(=O)c13)OC(C)(C)C=C2. The van der Waals surface area contributed by atoms with E-state index in [1.807, 2.05) is 45.9 Å². The van der Waals surface area contributed by atoms with Crippen molar-refractivity contribution >= 4 is 34.0 Å². The Morgan fingerprint density at radius 2 is 1.83 bits per heavy atom. The number of hydrogen-bond donors (Lipinski definition) is 0. The van der Waals surface area contributed by atoms with E-state index in [9.17, 15) is 14.0 Å². The molecule has 0 saturated carbocycles. The van der Waals surface area contributed by atoms with Crippen LogP contribution in [0.5, 0.6) is 23.0 Å². The average Bonchev–Trinajstić information content (AvgIpc) is 2.99. The van der Waals surface area contributed by atoms with Crippen LogP contribution in [-0.4, -0.2) is 31.9 Å². The van der Waals surface area contributed by atoms with Gasteiger partial charge in [-0.15, -0.1) is 0 Å². The van der Waals surface area contributed by atoms with Crippen molar-refractivity contribution in [1.29, 1.82) is 0 Å². The van der Waals surface area contributed by atoms with E-state index in [0.717, 1.165) is 5.57 Å². The van der Waals surface area contributed by atoms with Gasteiger partial charge in [0.25, 0.3) is 0 Å². The third-order valence-corrected chi connectivity index (χ3v) is 7.32. The number of rotatable bonds is 11. The van der Waals surface area contributed by atoms with Gasteiger partial charge in [0.05, 0.1) is 24.7 Å². The van der Waals surface area contributed by atoms with Crippen LogP contribution in [0.1, 0.15) is 51.3 Å². The van der Waals surface area contributed by atoms with Gasteiger partial charge in [0.15, 0.2) is 11.5 Å². The van der Waals surface area contributed by atoms with E-state index in [4.69, 9.17) is 28.1 Å². The van der Waals surface area contributed by atoms with Crippen LogP contribution < -0.4 is 24.4 Å². The molecule has 0 spiro atoms. The number of halogens is 1. The minimum Gasteiger partial charge on any atom is -0.493 e. The van der Waals surface area contributed by atoms with Crippen molar-refractivity contribution < 1.29 is 37.3 Å². The maximum atomic E-state index is 14.6. The zero-order chi connectivity index (χ0) is 33.0. The Labute approximate surface area is 266 Å². The summed E-state index contributed by atoms with van der Waals surface area (Å²) in [5.41, 5.74) is 2.43. The van der Waals surface area contributed by atoms with Crippen LogP contribution >= 0.6 is 0 Å². The van der Waals surface area contributed by atoms with Crippen molar-refractivity contribution in [3.05, 3.63) is 99.0 Å². The second kappa shape index (κ2) is 13.5. The third-order valence-electron chi connectivity index (χ3n) is 7.32. The number of ether oxygens (including phenoxy) is 5. The molecule has 0 bridgehead atoms. The molecule has 46 heavy (non-hydrogen) atoms. The summed E-state index contributed by atoms with van der Waals surface area (Å²) in [5.74, 6) is 0.600. The van der Waals surface area contributed by atoms with Gasteiger partial charge in [-0.2, -0.15) is 0 Å². The van der Waals surface area contributed by atoms with E-state index < -0.39 is 11.6 Å². The van der Waals surface area contributed by atoms with Crippen LogP contribution in [-0.2, 0) is 22.6 Å². The first kappa shape index (κ1) is 32.3. The fraction of sp³-hybridized carbons (Fsp3) is 0.297. The van der Waals surface area contributed by atoms with Crippen LogP contribution in [0.3, 0.4) is 0 Å². The highest BCUT2D eigenvalue weighted by Crippen LogP contribution is 2.44. The number of carbonyl (C=O) groups excluding carboxylic acids is 1. The predicted octanol–water partition coefficient (Wildman–Crippen LogP) is 7.86. The molecule has 3 aromatic carbocycles. The molecule has 4 aromatic rings. The van der Waals surface area contributed by atoms with E-state index >= 15 is 0 Å². The maximum Gasteiger partial charge on any atom is 0.330 e. The first-order chi connectivity index (χ1) is 22.0. The molecule has 0 atom stereocenters. The Balaban J connectivity index is 1.72. The molecule has 0 saturated heterocycles. The second-order valence-corrected chi connectivity index (χ2v) is 11.6. The summed E-state index contributed by atoms with van der Waals surface area (Å²) in [6.45, 7) is 9.80. The smallest absolute Gasteiger partial charge is 0.330 e. The van der Waals surface area contributed by atoms with Crippen molar-refractivity contribution in [2.75, 3.05) is 20.3 Å². The van der Waals surface area contributed by atoms with Crippen LogP contribution in [0.4, 0.5) is 4.39 Å². The van der Waals surface area contributed by atoms with Gasteiger partial charge >= 0.3 is 5.97 Å². The summed E-state index contributed by atoms with van der Waals surface area (Å²) in [6.07, 6.45) is 8.89. The number of carbonyl (C=O) groups is 1. The lowest BCUT2D eigenvalue weighted by atomic mass is 9.97. The highest BCUT2D eigenvalue weighted by molar-refractivity contribution is 5.99. The summed E-state index contributed by atoms with van der Waals surface area (Å²) in [4.78, 5) is 26.4.